The van der Waals surface area contributed by atoms with Crippen LogP contribution in [0.2, 0.25) is 0 Å². The predicted octanol–water partition coefficient (Wildman–Crippen LogP) is 7.13. The molecule has 1 unspecified atom stereocenters. The standard InChI is InChI=1S/C31H27NO5/c1-20-7-5-11-26(32-19-27(33)29-18-22-8-3-4-12-28(22)37-29)30(20)21-13-15-24(16-14-21)36-25-10-6-9-23(17-25)31(34)35-2/h3-18,27,32-33H,19H2,1-2H3. The number of aryl methyl sites for hydroxylation is 1. The van der Waals surface area contributed by atoms with Gasteiger partial charge in [0.2, 0.25) is 0 Å². The lowest BCUT2D eigenvalue weighted by Crippen LogP contribution is -2.12. The van der Waals surface area contributed by atoms with Gasteiger partial charge in [0, 0.05) is 23.2 Å². The third-order valence-electron chi connectivity index (χ3n) is 6.17. The first-order chi connectivity index (χ1) is 18.0. The molecule has 186 valence electrons. The molecule has 5 aromatic rings. The molecule has 4 aromatic carbocycles. The molecule has 2 N–H and O–H groups in total. The van der Waals surface area contributed by atoms with Crippen molar-refractivity contribution in [2.75, 3.05) is 19.0 Å². The number of hydrogen-bond donors (Lipinski definition) is 2. The Balaban J connectivity index is 1.32. The van der Waals surface area contributed by atoms with Crippen LogP contribution in [0.5, 0.6) is 11.5 Å². The van der Waals surface area contributed by atoms with E-state index in [9.17, 15) is 9.90 Å². The third-order valence-corrected chi connectivity index (χ3v) is 6.17. The van der Waals surface area contributed by atoms with Crippen LogP contribution in [0.15, 0.2) is 101 Å². The Bertz CT molecular complexity index is 1500. The summed E-state index contributed by atoms with van der Waals surface area (Å²) in [5.74, 6) is 1.31. The normalized spacial score (nSPS) is 11.8. The Labute approximate surface area is 215 Å². The van der Waals surface area contributed by atoms with Gasteiger partial charge < -0.3 is 24.3 Å². The van der Waals surface area contributed by atoms with E-state index in [1.165, 1.54) is 7.11 Å². The second-order valence-electron chi connectivity index (χ2n) is 8.73. The van der Waals surface area contributed by atoms with Crippen LogP contribution in [0.25, 0.3) is 22.1 Å². The number of hydrogen-bond acceptors (Lipinski definition) is 6. The molecule has 37 heavy (non-hydrogen) atoms. The number of rotatable bonds is 8. The molecule has 0 aliphatic heterocycles. The molecule has 0 radical (unpaired) electrons. The predicted molar refractivity (Wildman–Crippen MR) is 144 cm³/mol. The van der Waals surface area contributed by atoms with E-state index in [4.69, 9.17) is 13.9 Å². The van der Waals surface area contributed by atoms with Gasteiger partial charge in [-0.25, -0.2) is 4.79 Å². The van der Waals surface area contributed by atoms with Crippen molar-refractivity contribution in [2.24, 2.45) is 0 Å². The van der Waals surface area contributed by atoms with Crippen LogP contribution in [-0.4, -0.2) is 24.7 Å². The summed E-state index contributed by atoms with van der Waals surface area (Å²) in [7, 11) is 1.35. The number of anilines is 1. The van der Waals surface area contributed by atoms with Crippen LogP contribution in [0.1, 0.15) is 27.8 Å². The number of methoxy groups -OCH3 is 1. The number of para-hydroxylation sites is 1. The molecule has 0 bridgehead atoms. The summed E-state index contributed by atoms with van der Waals surface area (Å²) in [5.41, 5.74) is 5.24. The zero-order chi connectivity index (χ0) is 25.8. The second kappa shape index (κ2) is 10.6. The zero-order valence-corrected chi connectivity index (χ0v) is 20.6. The van der Waals surface area contributed by atoms with Crippen molar-refractivity contribution in [3.8, 4) is 22.6 Å². The van der Waals surface area contributed by atoms with Crippen molar-refractivity contribution in [3.05, 3.63) is 114 Å². The van der Waals surface area contributed by atoms with Crippen LogP contribution in [0.3, 0.4) is 0 Å². The molecule has 1 atom stereocenters. The summed E-state index contributed by atoms with van der Waals surface area (Å²) in [6, 6.07) is 30.2. The fraction of sp³-hybridized carbons (Fsp3) is 0.129. The van der Waals surface area contributed by atoms with E-state index in [0.29, 0.717) is 29.4 Å². The average molecular weight is 494 g/mol. The number of fused-ring (bicyclic) bond motifs is 1. The number of aliphatic hydroxyl groups is 1. The molecule has 0 aliphatic carbocycles. The number of aliphatic hydroxyl groups excluding tert-OH is 1. The molecule has 0 spiro atoms. The molecular weight excluding hydrogens is 466 g/mol. The fourth-order valence-electron chi connectivity index (χ4n) is 4.30. The number of esters is 1. The lowest BCUT2D eigenvalue weighted by atomic mass is 9.98. The van der Waals surface area contributed by atoms with E-state index in [-0.39, 0.29) is 0 Å². The number of carbonyl (C=O) groups is 1. The molecule has 0 aliphatic rings. The average Bonchev–Trinajstić information content (AvgIpc) is 3.37. The lowest BCUT2D eigenvalue weighted by Gasteiger charge is -2.17. The van der Waals surface area contributed by atoms with Gasteiger partial charge in [0.1, 0.15) is 28.9 Å². The first-order valence-corrected chi connectivity index (χ1v) is 12.0. The molecule has 0 fully saturated rings. The van der Waals surface area contributed by atoms with Gasteiger partial charge in [0.05, 0.1) is 12.7 Å². The summed E-state index contributed by atoms with van der Waals surface area (Å²) in [4.78, 5) is 11.8. The van der Waals surface area contributed by atoms with Crippen molar-refractivity contribution in [1.82, 2.24) is 0 Å². The summed E-state index contributed by atoms with van der Waals surface area (Å²) in [6.45, 7) is 2.35. The van der Waals surface area contributed by atoms with Crippen molar-refractivity contribution in [3.63, 3.8) is 0 Å². The number of nitrogens with one attached hydrogen (secondary N) is 1. The van der Waals surface area contributed by atoms with Crippen LogP contribution in [0.4, 0.5) is 5.69 Å². The van der Waals surface area contributed by atoms with Gasteiger partial charge in [-0.1, -0.05) is 48.5 Å². The molecule has 1 heterocycles. The first-order valence-electron chi connectivity index (χ1n) is 12.0. The van der Waals surface area contributed by atoms with E-state index >= 15 is 0 Å². The summed E-state index contributed by atoms with van der Waals surface area (Å²) >= 11 is 0. The molecular formula is C31H27NO5. The minimum Gasteiger partial charge on any atom is -0.465 e. The molecule has 0 saturated carbocycles. The maximum Gasteiger partial charge on any atom is 0.337 e. The third kappa shape index (κ3) is 5.34. The summed E-state index contributed by atoms with van der Waals surface area (Å²) in [5, 5.41) is 15.1. The Morgan fingerprint density at radius 3 is 2.49 bits per heavy atom. The molecule has 0 saturated heterocycles. The molecule has 1 aromatic heterocycles. The number of benzene rings is 4. The van der Waals surface area contributed by atoms with E-state index in [0.717, 1.165) is 33.3 Å². The van der Waals surface area contributed by atoms with Crippen molar-refractivity contribution >= 4 is 22.6 Å². The Kier molecular flexibility index (Phi) is 6.92. The number of carbonyl (C=O) groups excluding carboxylic acids is 1. The first kappa shape index (κ1) is 24.2. The minimum absolute atomic E-state index is 0.300. The highest BCUT2D eigenvalue weighted by Gasteiger charge is 2.15. The van der Waals surface area contributed by atoms with Crippen molar-refractivity contribution in [1.29, 1.82) is 0 Å². The lowest BCUT2D eigenvalue weighted by molar-refractivity contribution is 0.0600. The number of furan rings is 1. The zero-order valence-electron chi connectivity index (χ0n) is 20.6. The fourth-order valence-corrected chi connectivity index (χ4v) is 4.30. The monoisotopic (exact) mass is 493 g/mol. The topological polar surface area (TPSA) is 80.9 Å². The highest BCUT2D eigenvalue weighted by atomic mass is 16.5. The van der Waals surface area contributed by atoms with Crippen LogP contribution in [-0.2, 0) is 4.74 Å². The maximum absolute atomic E-state index is 11.8. The minimum atomic E-state index is -0.794. The largest absolute Gasteiger partial charge is 0.465 e. The summed E-state index contributed by atoms with van der Waals surface area (Å²) in [6.07, 6.45) is -0.794. The van der Waals surface area contributed by atoms with Crippen molar-refractivity contribution in [2.45, 2.75) is 13.0 Å². The molecule has 0 amide bonds. The number of ether oxygens (including phenoxy) is 2. The van der Waals surface area contributed by atoms with Gasteiger partial charge in [0.15, 0.2) is 0 Å². The highest BCUT2D eigenvalue weighted by molar-refractivity contribution is 5.89. The van der Waals surface area contributed by atoms with Gasteiger partial charge in [0.25, 0.3) is 0 Å². The summed E-state index contributed by atoms with van der Waals surface area (Å²) < 4.78 is 16.5. The van der Waals surface area contributed by atoms with Crippen molar-refractivity contribution < 1.29 is 23.8 Å². The Morgan fingerprint density at radius 1 is 0.919 bits per heavy atom. The van der Waals surface area contributed by atoms with Gasteiger partial charge >= 0.3 is 5.97 Å². The van der Waals surface area contributed by atoms with E-state index in [1.807, 2.05) is 66.7 Å². The Morgan fingerprint density at radius 2 is 1.70 bits per heavy atom. The second-order valence-corrected chi connectivity index (χ2v) is 8.73. The van der Waals surface area contributed by atoms with Gasteiger partial charge in [-0.3, -0.25) is 0 Å². The van der Waals surface area contributed by atoms with Gasteiger partial charge in [-0.05, 0) is 66.6 Å². The van der Waals surface area contributed by atoms with E-state index in [1.54, 1.807) is 24.3 Å². The van der Waals surface area contributed by atoms with Crippen LogP contribution < -0.4 is 10.1 Å². The maximum atomic E-state index is 11.8. The van der Waals surface area contributed by atoms with E-state index < -0.39 is 12.1 Å². The molecule has 6 nitrogen and oxygen atoms in total. The van der Waals surface area contributed by atoms with E-state index in [2.05, 4.69) is 18.3 Å². The highest BCUT2D eigenvalue weighted by Crippen LogP contribution is 2.34. The quantitative estimate of drug-likeness (QED) is 0.224. The van der Waals surface area contributed by atoms with Gasteiger partial charge in [-0.2, -0.15) is 0 Å². The van der Waals surface area contributed by atoms with Gasteiger partial charge in [-0.15, -0.1) is 0 Å². The molecule has 6 heteroatoms. The SMILES string of the molecule is COC(=O)c1cccc(Oc2ccc(-c3c(C)cccc3NCC(O)c3cc4ccccc4o3)cc2)c1. The van der Waals surface area contributed by atoms with Crippen LogP contribution >= 0.6 is 0 Å². The molecule has 5 rings (SSSR count). The smallest absolute Gasteiger partial charge is 0.337 e. The Hall–Kier alpha value is -4.55. The van der Waals surface area contributed by atoms with Crippen LogP contribution in [0, 0.1) is 6.92 Å².